The number of amides is 1. The van der Waals surface area contributed by atoms with Gasteiger partial charge in [0.05, 0.1) is 18.9 Å². The standard InChI is InChI=1S/C14H14N2O3S/c1-9-12(7-8-19-9)13(17)16-14(20)15-10-3-5-11(18-2)6-4-10/h3-8H,1-2H3,(H2,15,16,17,20). The predicted molar refractivity (Wildman–Crippen MR) is 80.1 cm³/mol. The summed E-state index contributed by atoms with van der Waals surface area (Å²) < 4.78 is 10.1. The van der Waals surface area contributed by atoms with Crippen LogP contribution in [0.25, 0.3) is 0 Å². The molecule has 1 amide bonds. The maximum Gasteiger partial charge on any atom is 0.260 e. The van der Waals surface area contributed by atoms with Crippen molar-refractivity contribution in [2.24, 2.45) is 0 Å². The van der Waals surface area contributed by atoms with Crippen LogP contribution in [-0.2, 0) is 0 Å². The van der Waals surface area contributed by atoms with Crippen LogP contribution >= 0.6 is 12.2 Å². The number of ether oxygens (including phenoxy) is 1. The van der Waals surface area contributed by atoms with Gasteiger partial charge in [-0.25, -0.2) is 0 Å². The largest absolute Gasteiger partial charge is 0.497 e. The Hall–Kier alpha value is -2.34. The monoisotopic (exact) mass is 290 g/mol. The lowest BCUT2D eigenvalue weighted by Crippen LogP contribution is -2.34. The molecule has 0 aliphatic rings. The molecule has 5 nitrogen and oxygen atoms in total. The number of anilines is 1. The van der Waals surface area contributed by atoms with Crippen LogP contribution in [0.2, 0.25) is 0 Å². The summed E-state index contributed by atoms with van der Waals surface area (Å²) in [6, 6.07) is 8.81. The quantitative estimate of drug-likeness (QED) is 0.851. The molecule has 6 heteroatoms. The second-order valence-electron chi connectivity index (χ2n) is 4.03. The molecule has 0 radical (unpaired) electrons. The molecule has 0 atom stereocenters. The van der Waals surface area contributed by atoms with E-state index >= 15 is 0 Å². The minimum absolute atomic E-state index is 0.223. The maximum atomic E-state index is 11.9. The number of rotatable bonds is 3. The fraction of sp³-hybridized carbons (Fsp3) is 0.143. The van der Waals surface area contributed by atoms with Crippen LogP contribution in [0.3, 0.4) is 0 Å². The van der Waals surface area contributed by atoms with Gasteiger partial charge in [0.2, 0.25) is 0 Å². The molecule has 0 spiro atoms. The molecule has 0 saturated carbocycles. The SMILES string of the molecule is COc1ccc(NC(=S)NC(=O)c2ccoc2C)cc1. The van der Waals surface area contributed by atoms with E-state index in [0.717, 1.165) is 11.4 Å². The molecule has 104 valence electrons. The average Bonchev–Trinajstić information content (AvgIpc) is 2.86. The highest BCUT2D eigenvalue weighted by molar-refractivity contribution is 7.80. The number of aryl methyl sites for hydroxylation is 1. The molecule has 1 aromatic heterocycles. The lowest BCUT2D eigenvalue weighted by molar-refractivity contribution is 0.0976. The fourth-order valence-corrected chi connectivity index (χ4v) is 1.84. The summed E-state index contributed by atoms with van der Waals surface area (Å²) in [6.07, 6.45) is 1.46. The van der Waals surface area contributed by atoms with Gasteiger partial charge in [0, 0.05) is 5.69 Å². The number of thiocarbonyl (C=S) groups is 1. The second kappa shape index (κ2) is 6.21. The molecule has 1 heterocycles. The Kier molecular flexibility index (Phi) is 4.37. The van der Waals surface area contributed by atoms with E-state index in [1.165, 1.54) is 6.26 Å². The molecule has 0 bridgehead atoms. The number of hydrogen-bond acceptors (Lipinski definition) is 4. The Morgan fingerprint density at radius 3 is 2.50 bits per heavy atom. The Morgan fingerprint density at radius 2 is 1.95 bits per heavy atom. The molecule has 2 N–H and O–H groups in total. The van der Waals surface area contributed by atoms with Crippen molar-refractivity contribution in [1.29, 1.82) is 0 Å². The first-order valence-electron chi connectivity index (χ1n) is 5.90. The lowest BCUT2D eigenvalue weighted by Gasteiger charge is -2.09. The van der Waals surface area contributed by atoms with Crippen molar-refractivity contribution in [3.05, 3.63) is 47.9 Å². The van der Waals surface area contributed by atoms with E-state index in [4.69, 9.17) is 21.4 Å². The van der Waals surface area contributed by atoms with Crippen LogP contribution in [0.5, 0.6) is 5.75 Å². The van der Waals surface area contributed by atoms with Crippen molar-refractivity contribution < 1.29 is 13.9 Å². The highest BCUT2D eigenvalue weighted by atomic mass is 32.1. The van der Waals surface area contributed by atoms with Crippen molar-refractivity contribution in [1.82, 2.24) is 5.32 Å². The van der Waals surface area contributed by atoms with E-state index in [-0.39, 0.29) is 11.0 Å². The molecule has 2 aromatic rings. The van der Waals surface area contributed by atoms with E-state index in [1.807, 2.05) is 0 Å². The Balaban J connectivity index is 1.95. The molecule has 0 aliphatic carbocycles. The van der Waals surface area contributed by atoms with Gasteiger partial charge in [-0.05, 0) is 49.5 Å². The number of furan rings is 1. The number of methoxy groups -OCH3 is 1. The number of hydrogen-bond donors (Lipinski definition) is 2. The first-order valence-corrected chi connectivity index (χ1v) is 6.31. The topological polar surface area (TPSA) is 63.5 Å². The summed E-state index contributed by atoms with van der Waals surface area (Å²) in [4.78, 5) is 11.9. The zero-order chi connectivity index (χ0) is 14.5. The van der Waals surface area contributed by atoms with Crippen molar-refractivity contribution in [2.45, 2.75) is 6.92 Å². The third kappa shape index (κ3) is 3.36. The van der Waals surface area contributed by atoms with Gasteiger partial charge in [-0.15, -0.1) is 0 Å². The van der Waals surface area contributed by atoms with Crippen LogP contribution in [0.1, 0.15) is 16.1 Å². The molecule has 1 aromatic carbocycles. The van der Waals surface area contributed by atoms with E-state index in [1.54, 1.807) is 44.4 Å². The number of benzene rings is 1. The van der Waals surface area contributed by atoms with Gasteiger partial charge in [0.25, 0.3) is 5.91 Å². The smallest absolute Gasteiger partial charge is 0.260 e. The predicted octanol–water partition coefficient (Wildman–Crippen LogP) is 2.72. The van der Waals surface area contributed by atoms with Gasteiger partial charge in [-0.3, -0.25) is 10.1 Å². The minimum atomic E-state index is -0.303. The van der Waals surface area contributed by atoms with E-state index in [2.05, 4.69) is 10.6 Å². The van der Waals surface area contributed by atoms with Gasteiger partial charge in [0.1, 0.15) is 11.5 Å². The summed E-state index contributed by atoms with van der Waals surface area (Å²) in [5.74, 6) is 0.997. The Morgan fingerprint density at radius 1 is 1.25 bits per heavy atom. The highest BCUT2D eigenvalue weighted by Crippen LogP contribution is 2.15. The summed E-state index contributed by atoms with van der Waals surface area (Å²) in [5, 5.41) is 5.73. The average molecular weight is 290 g/mol. The molecule has 0 unspecified atom stereocenters. The molecule has 0 aliphatic heterocycles. The number of nitrogens with one attached hydrogen (secondary N) is 2. The molecule has 0 saturated heterocycles. The molecule has 0 fully saturated rings. The first kappa shape index (κ1) is 14.1. The van der Waals surface area contributed by atoms with Crippen LogP contribution in [-0.4, -0.2) is 18.1 Å². The summed E-state index contributed by atoms with van der Waals surface area (Å²) in [7, 11) is 1.60. The zero-order valence-corrected chi connectivity index (χ0v) is 11.9. The summed E-state index contributed by atoms with van der Waals surface area (Å²) >= 11 is 5.09. The van der Waals surface area contributed by atoms with Crippen LogP contribution in [0.15, 0.2) is 41.0 Å². The minimum Gasteiger partial charge on any atom is -0.497 e. The molecular formula is C14H14N2O3S. The van der Waals surface area contributed by atoms with Crippen molar-refractivity contribution in [3.8, 4) is 5.75 Å². The van der Waals surface area contributed by atoms with Gasteiger partial charge < -0.3 is 14.5 Å². The molecule has 2 rings (SSSR count). The van der Waals surface area contributed by atoms with Gasteiger partial charge >= 0.3 is 0 Å². The third-order valence-corrected chi connectivity index (χ3v) is 2.88. The van der Waals surface area contributed by atoms with Crippen LogP contribution in [0, 0.1) is 6.92 Å². The van der Waals surface area contributed by atoms with Crippen molar-refractivity contribution in [2.75, 3.05) is 12.4 Å². The lowest BCUT2D eigenvalue weighted by atomic mass is 10.2. The summed E-state index contributed by atoms with van der Waals surface area (Å²) in [5.41, 5.74) is 1.23. The maximum absolute atomic E-state index is 11.9. The van der Waals surface area contributed by atoms with E-state index in [9.17, 15) is 4.79 Å². The second-order valence-corrected chi connectivity index (χ2v) is 4.44. The summed E-state index contributed by atoms with van der Waals surface area (Å²) in [6.45, 7) is 1.72. The van der Waals surface area contributed by atoms with E-state index < -0.39 is 0 Å². The fourth-order valence-electron chi connectivity index (χ4n) is 1.63. The van der Waals surface area contributed by atoms with Crippen molar-refractivity contribution in [3.63, 3.8) is 0 Å². The van der Waals surface area contributed by atoms with Gasteiger partial charge in [0.15, 0.2) is 5.11 Å². The highest BCUT2D eigenvalue weighted by Gasteiger charge is 2.12. The van der Waals surface area contributed by atoms with E-state index in [0.29, 0.717) is 11.3 Å². The number of carbonyl (C=O) groups is 1. The van der Waals surface area contributed by atoms with Gasteiger partial charge in [-0.1, -0.05) is 0 Å². The number of carbonyl (C=O) groups excluding carboxylic acids is 1. The third-order valence-electron chi connectivity index (χ3n) is 2.68. The molecule has 20 heavy (non-hydrogen) atoms. The Labute approximate surface area is 121 Å². The Bertz CT molecular complexity index is 620. The first-order chi connectivity index (χ1) is 9.60. The van der Waals surface area contributed by atoms with Crippen LogP contribution in [0.4, 0.5) is 5.69 Å². The molecular weight excluding hydrogens is 276 g/mol. The normalized spacial score (nSPS) is 9.90. The van der Waals surface area contributed by atoms with Crippen molar-refractivity contribution >= 4 is 28.9 Å². The van der Waals surface area contributed by atoms with Gasteiger partial charge in [-0.2, -0.15) is 0 Å². The zero-order valence-electron chi connectivity index (χ0n) is 11.1. The van der Waals surface area contributed by atoms with Crippen LogP contribution < -0.4 is 15.4 Å².